The molecule has 132 valence electrons. The van der Waals surface area contributed by atoms with E-state index in [9.17, 15) is 24.0 Å². The zero-order valence-electron chi connectivity index (χ0n) is 12.9. The molecule has 25 heavy (non-hydrogen) atoms. The number of piperidine rings is 1. The van der Waals surface area contributed by atoms with Crippen molar-refractivity contribution in [2.75, 3.05) is 11.9 Å². The number of amides is 5. The molecule has 2 heterocycles. The number of rotatable bonds is 3. The normalized spacial score (nSPS) is 19.2. The number of imide groups is 2. The largest absolute Gasteiger partial charge is 0.324 e. The molecule has 1 fully saturated rings. The predicted octanol–water partition coefficient (Wildman–Crippen LogP) is -0.593. The summed E-state index contributed by atoms with van der Waals surface area (Å²) in [7, 11) is 0. The van der Waals surface area contributed by atoms with Crippen LogP contribution in [0, 0.1) is 0 Å². The van der Waals surface area contributed by atoms with Gasteiger partial charge in [-0.3, -0.25) is 34.2 Å². The Labute approximate surface area is 148 Å². The number of hydrogen-bond donors (Lipinski definition) is 3. The summed E-state index contributed by atoms with van der Waals surface area (Å²) in [4.78, 5) is 60.8. The quantitative estimate of drug-likeness (QED) is 0.611. The van der Waals surface area contributed by atoms with Crippen LogP contribution >= 0.6 is 12.4 Å². The average molecular weight is 367 g/mol. The van der Waals surface area contributed by atoms with Gasteiger partial charge in [-0.25, -0.2) is 0 Å². The number of hydrogen-bond acceptors (Lipinski definition) is 6. The van der Waals surface area contributed by atoms with Gasteiger partial charge in [0.05, 0.1) is 23.4 Å². The molecular formula is C15H15ClN4O5. The predicted molar refractivity (Wildman–Crippen MR) is 88.0 cm³/mol. The molecule has 0 saturated carbocycles. The highest BCUT2D eigenvalue weighted by molar-refractivity contribution is 6.26. The molecule has 0 bridgehead atoms. The topological polar surface area (TPSA) is 139 Å². The Morgan fingerprint density at radius 1 is 1.24 bits per heavy atom. The second-order valence-electron chi connectivity index (χ2n) is 5.43. The van der Waals surface area contributed by atoms with Crippen LogP contribution in [-0.2, 0) is 14.4 Å². The van der Waals surface area contributed by atoms with E-state index >= 15 is 0 Å². The highest BCUT2D eigenvalue weighted by Crippen LogP contribution is 2.32. The van der Waals surface area contributed by atoms with Crippen LogP contribution in [0.3, 0.4) is 0 Å². The third-order valence-electron chi connectivity index (χ3n) is 3.93. The van der Waals surface area contributed by atoms with Crippen LogP contribution in [0.5, 0.6) is 0 Å². The summed E-state index contributed by atoms with van der Waals surface area (Å²) >= 11 is 0. The minimum absolute atomic E-state index is 0. The number of benzene rings is 1. The highest BCUT2D eigenvalue weighted by atomic mass is 35.5. The van der Waals surface area contributed by atoms with Crippen LogP contribution in [0.15, 0.2) is 18.2 Å². The van der Waals surface area contributed by atoms with Gasteiger partial charge >= 0.3 is 0 Å². The lowest BCUT2D eigenvalue weighted by Crippen LogP contribution is -2.54. The summed E-state index contributed by atoms with van der Waals surface area (Å²) in [6.07, 6.45) is 0.112. The average Bonchev–Trinajstić information content (AvgIpc) is 2.80. The minimum atomic E-state index is -1.05. The van der Waals surface area contributed by atoms with Crippen molar-refractivity contribution in [3.8, 4) is 0 Å². The molecule has 2 aliphatic heterocycles. The van der Waals surface area contributed by atoms with Gasteiger partial charge < -0.3 is 11.1 Å². The molecule has 4 N–H and O–H groups in total. The molecule has 1 unspecified atom stereocenters. The third-order valence-corrected chi connectivity index (χ3v) is 3.93. The summed E-state index contributed by atoms with van der Waals surface area (Å²) in [6, 6.07) is 3.39. The van der Waals surface area contributed by atoms with Gasteiger partial charge in [0.1, 0.15) is 6.04 Å². The van der Waals surface area contributed by atoms with Crippen molar-refractivity contribution < 1.29 is 24.0 Å². The molecule has 0 spiro atoms. The van der Waals surface area contributed by atoms with Crippen molar-refractivity contribution in [2.45, 2.75) is 18.9 Å². The molecule has 10 heteroatoms. The van der Waals surface area contributed by atoms with E-state index in [0.717, 1.165) is 4.90 Å². The summed E-state index contributed by atoms with van der Waals surface area (Å²) in [5.74, 6) is -2.95. The monoisotopic (exact) mass is 366 g/mol. The SMILES string of the molecule is Cl.NCC(=O)Nc1cccc2c1C(=O)N(C1CCC(=O)NC1=O)C2=O. The van der Waals surface area contributed by atoms with Crippen molar-refractivity contribution in [3.05, 3.63) is 29.3 Å². The molecule has 5 amide bonds. The Kier molecular flexibility index (Phi) is 5.19. The van der Waals surface area contributed by atoms with Crippen molar-refractivity contribution in [1.82, 2.24) is 10.2 Å². The van der Waals surface area contributed by atoms with E-state index in [1.54, 1.807) is 0 Å². The Morgan fingerprint density at radius 3 is 2.60 bits per heavy atom. The molecular weight excluding hydrogens is 352 g/mol. The number of anilines is 1. The summed E-state index contributed by atoms with van der Waals surface area (Å²) in [5, 5.41) is 4.59. The van der Waals surface area contributed by atoms with Gasteiger partial charge in [0.15, 0.2) is 0 Å². The second-order valence-corrected chi connectivity index (χ2v) is 5.43. The van der Waals surface area contributed by atoms with Gasteiger partial charge in [-0.05, 0) is 18.6 Å². The maximum Gasteiger partial charge on any atom is 0.264 e. The first-order chi connectivity index (χ1) is 11.4. The van der Waals surface area contributed by atoms with Crippen LogP contribution in [0.2, 0.25) is 0 Å². The minimum Gasteiger partial charge on any atom is -0.324 e. The smallest absolute Gasteiger partial charge is 0.264 e. The number of carbonyl (C=O) groups is 5. The van der Waals surface area contributed by atoms with E-state index in [-0.39, 0.29) is 48.6 Å². The van der Waals surface area contributed by atoms with Crippen LogP contribution in [0.1, 0.15) is 33.6 Å². The van der Waals surface area contributed by atoms with Crippen LogP contribution in [0.4, 0.5) is 5.69 Å². The Balaban J connectivity index is 0.00000225. The first-order valence-corrected chi connectivity index (χ1v) is 7.28. The molecule has 0 aliphatic carbocycles. The van der Waals surface area contributed by atoms with Gasteiger partial charge in [0.2, 0.25) is 17.7 Å². The van der Waals surface area contributed by atoms with Crippen molar-refractivity contribution in [1.29, 1.82) is 0 Å². The summed E-state index contributed by atoms with van der Waals surface area (Å²) < 4.78 is 0. The second kappa shape index (κ2) is 6.99. The number of nitrogens with zero attached hydrogens (tertiary/aromatic N) is 1. The van der Waals surface area contributed by atoms with E-state index in [4.69, 9.17) is 5.73 Å². The molecule has 1 atom stereocenters. The summed E-state index contributed by atoms with van der Waals surface area (Å²) in [5.41, 5.74) is 5.53. The number of nitrogens with one attached hydrogen (secondary N) is 2. The van der Waals surface area contributed by atoms with Crippen molar-refractivity contribution in [2.24, 2.45) is 5.73 Å². The lowest BCUT2D eigenvalue weighted by Gasteiger charge is -2.27. The summed E-state index contributed by atoms with van der Waals surface area (Å²) in [6.45, 7) is -0.275. The van der Waals surface area contributed by atoms with Crippen LogP contribution in [0.25, 0.3) is 0 Å². The van der Waals surface area contributed by atoms with Gasteiger partial charge in [-0.2, -0.15) is 0 Å². The van der Waals surface area contributed by atoms with Gasteiger partial charge in [0.25, 0.3) is 11.8 Å². The van der Waals surface area contributed by atoms with Gasteiger partial charge in [-0.15, -0.1) is 12.4 Å². The van der Waals surface area contributed by atoms with E-state index in [2.05, 4.69) is 10.6 Å². The molecule has 0 radical (unpaired) electrons. The third kappa shape index (κ3) is 3.11. The Hall–Kier alpha value is -2.78. The number of carbonyl (C=O) groups excluding carboxylic acids is 5. The first-order valence-electron chi connectivity index (χ1n) is 7.28. The fraction of sp³-hybridized carbons (Fsp3) is 0.267. The Morgan fingerprint density at radius 2 is 1.96 bits per heavy atom. The van der Waals surface area contributed by atoms with Crippen molar-refractivity contribution in [3.63, 3.8) is 0 Å². The van der Waals surface area contributed by atoms with E-state index < -0.39 is 35.6 Å². The van der Waals surface area contributed by atoms with E-state index in [1.165, 1.54) is 18.2 Å². The van der Waals surface area contributed by atoms with Gasteiger partial charge in [-0.1, -0.05) is 6.07 Å². The van der Waals surface area contributed by atoms with E-state index in [1.807, 2.05) is 0 Å². The van der Waals surface area contributed by atoms with Crippen molar-refractivity contribution >= 4 is 47.6 Å². The standard InChI is InChI=1S/C15H14N4O5.ClH/c16-6-11(21)17-8-3-1-2-7-12(8)15(24)19(14(7)23)9-4-5-10(20)18-13(9)22;/h1-3,9H,4-6,16H2,(H,17,21)(H,18,20,22);1H. The van der Waals surface area contributed by atoms with Crippen LogP contribution < -0.4 is 16.4 Å². The molecule has 3 rings (SSSR count). The lowest BCUT2D eigenvalue weighted by atomic mass is 10.0. The maximum atomic E-state index is 12.7. The fourth-order valence-corrected chi connectivity index (χ4v) is 2.82. The molecule has 1 saturated heterocycles. The Bertz CT molecular complexity index is 794. The van der Waals surface area contributed by atoms with Gasteiger partial charge in [0, 0.05) is 6.42 Å². The molecule has 2 aliphatic rings. The number of fused-ring (bicyclic) bond motifs is 1. The molecule has 0 aromatic heterocycles. The molecule has 9 nitrogen and oxygen atoms in total. The zero-order valence-corrected chi connectivity index (χ0v) is 13.7. The first kappa shape index (κ1) is 18.6. The lowest BCUT2D eigenvalue weighted by molar-refractivity contribution is -0.136. The van der Waals surface area contributed by atoms with E-state index in [0.29, 0.717) is 0 Å². The number of halogens is 1. The molecule has 1 aromatic carbocycles. The maximum absolute atomic E-state index is 12.7. The fourth-order valence-electron chi connectivity index (χ4n) is 2.82. The number of nitrogens with two attached hydrogens (primary N) is 1. The van der Waals surface area contributed by atoms with Crippen LogP contribution in [-0.4, -0.2) is 47.0 Å². The highest BCUT2D eigenvalue weighted by Gasteiger charge is 2.45. The molecule has 1 aromatic rings. The zero-order chi connectivity index (χ0) is 17.4.